The minimum Gasteiger partial charge on any atom is -0.379 e. The maximum Gasteiger partial charge on any atom is 0.138 e. The number of nitrogens with zero attached hydrogens (tertiary/aromatic N) is 2. The number of rotatable bonds is 4. The van der Waals surface area contributed by atoms with Crippen LogP contribution in [0.4, 0.5) is 0 Å². The first-order chi connectivity index (χ1) is 14.3. The van der Waals surface area contributed by atoms with E-state index < -0.39 is 11.0 Å². The van der Waals surface area contributed by atoms with Crippen molar-refractivity contribution < 1.29 is 8.95 Å². The molecule has 0 amide bonds. The van der Waals surface area contributed by atoms with Crippen molar-refractivity contribution in [3.63, 3.8) is 0 Å². The SMILES string of the molecule is O=S(c1ccc2nc(-c3ccc(-c4ccccc4)cc3)[nH]c2c1)N1CCOCC1. The second-order valence-electron chi connectivity index (χ2n) is 7.00. The van der Waals surface area contributed by atoms with E-state index in [4.69, 9.17) is 9.72 Å². The maximum atomic E-state index is 12.8. The van der Waals surface area contributed by atoms with Crippen LogP contribution in [-0.2, 0) is 15.7 Å². The molecule has 0 saturated carbocycles. The summed E-state index contributed by atoms with van der Waals surface area (Å²) in [7, 11) is -1.18. The van der Waals surface area contributed by atoms with Crippen molar-refractivity contribution in [1.82, 2.24) is 14.3 Å². The van der Waals surface area contributed by atoms with Gasteiger partial charge in [-0.05, 0) is 29.3 Å². The molecule has 0 bridgehead atoms. The Balaban J connectivity index is 1.42. The van der Waals surface area contributed by atoms with Crippen LogP contribution in [0, 0.1) is 0 Å². The van der Waals surface area contributed by atoms with Crippen LogP contribution in [0.15, 0.2) is 77.7 Å². The number of aromatic amines is 1. The van der Waals surface area contributed by atoms with E-state index in [-0.39, 0.29) is 0 Å². The van der Waals surface area contributed by atoms with Crippen LogP contribution in [-0.4, -0.2) is 44.8 Å². The quantitative estimate of drug-likeness (QED) is 0.554. The van der Waals surface area contributed by atoms with Gasteiger partial charge in [0.25, 0.3) is 0 Å². The van der Waals surface area contributed by atoms with Gasteiger partial charge in [-0.1, -0.05) is 54.6 Å². The number of aromatic nitrogens is 2. The van der Waals surface area contributed by atoms with Gasteiger partial charge in [0.05, 0.1) is 29.1 Å². The van der Waals surface area contributed by atoms with Crippen molar-refractivity contribution in [2.75, 3.05) is 26.3 Å². The number of morpholine rings is 1. The zero-order valence-corrected chi connectivity index (χ0v) is 16.7. The van der Waals surface area contributed by atoms with Crippen LogP contribution >= 0.6 is 0 Å². The average molecular weight is 404 g/mol. The van der Waals surface area contributed by atoms with Crippen molar-refractivity contribution >= 4 is 22.0 Å². The highest BCUT2D eigenvalue weighted by Gasteiger charge is 2.19. The first-order valence-electron chi connectivity index (χ1n) is 9.68. The van der Waals surface area contributed by atoms with Gasteiger partial charge in [0.2, 0.25) is 0 Å². The molecule has 1 fully saturated rings. The van der Waals surface area contributed by atoms with Gasteiger partial charge < -0.3 is 9.72 Å². The molecule has 2 heterocycles. The van der Waals surface area contributed by atoms with E-state index in [1.165, 1.54) is 11.1 Å². The predicted molar refractivity (Wildman–Crippen MR) is 116 cm³/mol. The zero-order chi connectivity index (χ0) is 19.6. The highest BCUT2D eigenvalue weighted by Crippen LogP contribution is 2.26. The molecule has 1 saturated heterocycles. The maximum absolute atomic E-state index is 12.8. The summed E-state index contributed by atoms with van der Waals surface area (Å²) >= 11 is 0. The molecule has 1 N–H and O–H groups in total. The Kier molecular flexibility index (Phi) is 4.97. The Morgan fingerprint density at radius 2 is 1.55 bits per heavy atom. The second-order valence-corrected chi connectivity index (χ2v) is 8.48. The Morgan fingerprint density at radius 1 is 0.862 bits per heavy atom. The normalized spacial score (nSPS) is 16.1. The summed E-state index contributed by atoms with van der Waals surface area (Å²) in [6.45, 7) is 2.63. The summed E-state index contributed by atoms with van der Waals surface area (Å²) in [5.41, 5.74) is 5.16. The summed E-state index contributed by atoms with van der Waals surface area (Å²) in [6.07, 6.45) is 0. The fraction of sp³-hybridized carbons (Fsp3) is 0.174. The number of H-pyrrole nitrogens is 1. The lowest BCUT2D eigenvalue weighted by atomic mass is 10.0. The molecule has 3 aromatic carbocycles. The van der Waals surface area contributed by atoms with Crippen molar-refractivity contribution in [1.29, 1.82) is 0 Å². The molecule has 5 nitrogen and oxygen atoms in total. The van der Waals surface area contributed by atoms with Gasteiger partial charge in [0.1, 0.15) is 16.8 Å². The summed E-state index contributed by atoms with van der Waals surface area (Å²) in [5.74, 6) is 0.814. The van der Waals surface area contributed by atoms with Crippen LogP contribution in [0.3, 0.4) is 0 Å². The fourth-order valence-electron chi connectivity index (χ4n) is 3.55. The van der Waals surface area contributed by atoms with Crippen LogP contribution < -0.4 is 0 Å². The average Bonchev–Trinajstić information content (AvgIpc) is 3.23. The van der Waals surface area contributed by atoms with Gasteiger partial charge in [-0.25, -0.2) is 13.5 Å². The number of hydrogen-bond acceptors (Lipinski definition) is 3. The minimum absolute atomic E-state index is 0.626. The molecule has 1 atom stereocenters. The zero-order valence-electron chi connectivity index (χ0n) is 15.9. The molecule has 1 aliphatic rings. The van der Waals surface area contributed by atoms with Crippen molar-refractivity contribution in [2.45, 2.75) is 4.90 Å². The van der Waals surface area contributed by atoms with Gasteiger partial charge in [-0.15, -0.1) is 0 Å². The lowest BCUT2D eigenvalue weighted by molar-refractivity contribution is 0.0752. The second kappa shape index (κ2) is 7.91. The summed E-state index contributed by atoms with van der Waals surface area (Å²) < 4.78 is 20.1. The molecule has 1 aliphatic heterocycles. The number of ether oxygens (including phenoxy) is 1. The largest absolute Gasteiger partial charge is 0.379 e. The van der Waals surface area contributed by atoms with E-state index in [0.717, 1.165) is 27.3 Å². The molecule has 6 heteroatoms. The van der Waals surface area contributed by atoms with Crippen molar-refractivity contribution in [3.05, 3.63) is 72.8 Å². The summed E-state index contributed by atoms with van der Waals surface area (Å²) in [5, 5.41) is 0. The smallest absolute Gasteiger partial charge is 0.138 e. The van der Waals surface area contributed by atoms with Crippen LogP contribution in [0.1, 0.15) is 0 Å². The van der Waals surface area contributed by atoms with Gasteiger partial charge in [-0.2, -0.15) is 0 Å². The molecule has 0 aliphatic carbocycles. The molecular formula is C23H21N3O2S. The third-order valence-electron chi connectivity index (χ3n) is 5.12. The van der Waals surface area contributed by atoms with E-state index in [1.807, 2.05) is 40.7 Å². The van der Waals surface area contributed by atoms with Crippen molar-refractivity contribution in [3.8, 4) is 22.5 Å². The van der Waals surface area contributed by atoms with E-state index in [2.05, 4.69) is 41.4 Å². The Labute approximate surface area is 171 Å². The lowest BCUT2D eigenvalue weighted by Gasteiger charge is -2.25. The highest BCUT2D eigenvalue weighted by atomic mass is 32.2. The van der Waals surface area contributed by atoms with Gasteiger partial charge >= 0.3 is 0 Å². The first-order valence-corrected chi connectivity index (χ1v) is 10.8. The highest BCUT2D eigenvalue weighted by molar-refractivity contribution is 7.82. The Bertz CT molecular complexity index is 1150. The van der Waals surface area contributed by atoms with Crippen molar-refractivity contribution in [2.24, 2.45) is 0 Å². The standard InChI is InChI=1S/C23H21N3O2S/c27-29(26-12-14-28-15-13-26)20-10-11-21-22(16-20)25-23(24-21)19-8-6-18(7-9-19)17-4-2-1-3-5-17/h1-11,16H,12-15H2,(H,24,25). The molecule has 1 aromatic heterocycles. The van der Waals surface area contributed by atoms with Gasteiger partial charge in [-0.3, -0.25) is 0 Å². The van der Waals surface area contributed by atoms with Crippen LogP contribution in [0.2, 0.25) is 0 Å². The number of nitrogens with one attached hydrogen (secondary N) is 1. The number of hydrogen-bond donors (Lipinski definition) is 1. The molecular weight excluding hydrogens is 382 g/mol. The van der Waals surface area contributed by atoms with Crippen LogP contribution in [0.25, 0.3) is 33.5 Å². The lowest BCUT2D eigenvalue weighted by Crippen LogP contribution is -2.37. The molecule has 5 rings (SSSR count). The van der Waals surface area contributed by atoms with E-state index in [1.54, 1.807) is 0 Å². The molecule has 0 radical (unpaired) electrons. The van der Waals surface area contributed by atoms with Gasteiger partial charge in [0.15, 0.2) is 0 Å². The number of fused-ring (bicyclic) bond motifs is 1. The monoisotopic (exact) mass is 403 g/mol. The predicted octanol–water partition coefficient (Wildman–Crippen LogP) is 4.25. The van der Waals surface area contributed by atoms with Gasteiger partial charge in [0, 0.05) is 18.7 Å². The molecule has 29 heavy (non-hydrogen) atoms. The van der Waals surface area contributed by atoms with E-state index in [9.17, 15) is 4.21 Å². The van der Waals surface area contributed by atoms with Crippen LogP contribution in [0.5, 0.6) is 0 Å². The molecule has 4 aromatic rings. The number of benzene rings is 3. The van der Waals surface area contributed by atoms with E-state index in [0.29, 0.717) is 26.3 Å². The molecule has 146 valence electrons. The molecule has 0 spiro atoms. The summed E-state index contributed by atoms with van der Waals surface area (Å²) in [6, 6.07) is 24.5. The van der Waals surface area contributed by atoms with E-state index >= 15 is 0 Å². The molecule has 1 unspecified atom stereocenters. The number of imidazole rings is 1. The summed E-state index contributed by atoms with van der Waals surface area (Å²) in [4.78, 5) is 8.88. The first kappa shape index (κ1) is 18.2. The minimum atomic E-state index is -1.18. The third-order valence-corrected chi connectivity index (χ3v) is 6.62. The topological polar surface area (TPSA) is 58.2 Å². The third kappa shape index (κ3) is 3.74. The fourth-order valence-corrected chi connectivity index (χ4v) is 4.73. The Morgan fingerprint density at radius 3 is 2.31 bits per heavy atom. The Hall–Kier alpha value is -2.80.